The number of hydrogen-bond donors (Lipinski definition) is 2. The van der Waals surface area contributed by atoms with Crippen molar-refractivity contribution in [2.75, 3.05) is 13.2 Å². The Morgan fingerprint density at radius 1 is 1.07 bits per heavy atom. The largest absolute Gasteiger partial charge is 0.505 e. The lowest BCUT2D eigenvalue weighted by molar-refractivity contribution is -0.143. The molecule has 0 aliphatic carbocycles. The summed E-state index contributed by atoms with van der Waals surface area (Å²) in [5.74, 6) is -0.449. The molecule has 1 rings (SSSR count). The average Bonchev–Trinajstić information content (AvgIpc) is 2.66. The van der Waals surface area contributed by atoms with E-state index in [1.165, 1.54) is 19.0 Å². The van der Waals surface area contributed by atoms with Gasteiger partial charge in [-0.15, -0.1) is 0 Å². The van der Waals surface area contributed by atoms with Gasteiger partial charge in [0.25, 0.3) is 5.91 Å². The topological polar surface area (TPSA) is 88.5 Å². The number of unbranched alkanes of at least 4 members (excludes halogenated alkanes) is 7. The number of aromatic nitrogens is 1. The minimum atomic E-state index is -0.325. The molecule has 1 amide bonds. The molecule has 1 heterocycles. The van der Waals surface area contributed by atoms with Crippen molar-refractivity contribution >= 4 is 11.9 Å². The van der Waals surface area contributed by atoms with Crippen LogP contribution in [0, 0.1) is 6.92 Å². The molecule has 0 radical (unpaired) electrons. The molecule has 0 aliphatic heterocycles. The molecule has 6 nitrogen and oxygen atoms in total. The zero-order valence-electron chi connectivity index (χ0n) is 16.8. The number of carbonyl (C=O) groups is 2. The van der Waals surface area contributed by atoms with Crippen molar-refractivity contribution in [3.8, 4) is 5.75 Å². The molecule has 2 N–H and O–H groups in total. The van der Waals surface area contributed by atoms with Crippen molar-refractivity contribution < 1.29 is 19.4 Å². The molecular formula is C21H34N2O4. The fraction of sp³-hybridized carbons (Fsp3) is 0.667. The summed E-state index contributed by atoms with van der Waals surface area (Å²) >= 11 is 0. The molecule has 6 heteroatoms. The Hall–Kier alpha value is -2.11. The van der Waals surface area contributed by atoms with E-state index < -0.39 is 0 Å². The highest BCUT2D eigenvalue weighted by Crippen LogP contribution is 2.18. The number of esters is 1. The summed E-state index contributed by atoms with van der Waals surface area (Å²) in [7, 11) is 0. The lowest BCUT2D eigenvalue weighted by Crippen LogP contribution is -2.25. The van der Waals surface area contributed by atoms with Crippen LogP contribution in [0.4, 0.5) is 0 Å². The number of aryl methyl sites for hydroxylation is 1. The Morgan fingerprint density at radius 3 is 2.37 bits per heavy atom. The predicted molar refractivity (Wildman–Crippen MR) is 106 cm³/mol. The third-order valence-electron chi connectivity index (χ3n) is 4.40. The monoisotopic (exact) mass is 378 g/mol. The van der Waals surface area contributed by atoms with Crippen LogP contribution in [-0.4, -0.2) is 35.1 Å². The third kappa shape index (κ3) is 9.97. The lowest BCUT2D eigenvalue weighted by Gasteiger charge is -2.07. The minimum Gasteiger partial charge on any atom is -0.505 e. The van der Waals surface area contributed by atoms with Gasteiger partial charge in [0, 0.05) is 19.2 Å². The van der Waals surface area contributed by atoms with Gasteiger partial charge in [0.15, 0.2) is 5.69 Å². The van der Waals surface area contributed by atoms with Crippen LogP contribution >= 0.6 is 0 Å². The van der Waals surface area contributed by atoms with Gasteiger partial charge in [-0.25, -0.2) is 4.98 Å². The first-order valence-corrected chi connectivity index (χ1v) is 10.1. The van der Waals surface area contributed by atoms with E-state index in [9.17, 15) is 14.7 Å². The molecule has 0 atom stereocenters. The molecule has 1 aromatic heterocycles. The molecule has 0 saturated heterocycles. The van der Waals surface area contributed by atoms with Crippen LogP contribution in [0.5, 0.6) is 5.75 Å². The summed E-state index contributed by atoms with van der Waals surface area (Å²) < 4.78 is 5.04. The van der Waals surface area contributed by atoms with Crippen molar-refractivity contribution in [2.24, 2.45) is 0 Å². The van der Waals surface area contributed by atoms with Crippen LogP contribution in [0.1, 0.15) is 87.2 Å². The number of amides is 1. The molecular weight excluding hydrogens is 344 g/mol. The highest BCUT2D eigenvalue weighted by atomic mass is 16.5. The second-order valence-corrected chi connectivity index (χ2v) is 6.88. The average molecular weight is 379 g/mol. The van der Waals surface area contributed by atoms with Gasteiger partial charge in [0.05, 0.1) is 6.61 Å². The van der Waals surface area contributed by atoms with Crippen LogP contribution in [0.15, 0.2) is 12.3 Å². The van der Waals surface area contributed by atoms with E-state index in [0.29, 0.717) is 25.1 Å². The van der Waals surface area contributed by atoms with Crippen molar-refractivity contribution in [3.05, 3.63) is 23.5 Å². The van der Waals surface area contributed by atoms with Gasteiger partial charge in [0.1, 0.15) is 5.75 Å². The number of carbonyl (C=O) groups excluding carboxylic acids is 2. The number of aromatic hydroxyl groups is 1. The van der Waals surface area contributed by atoms with Gasteiger partial charge in [-0.2, -0.15) is 0 Å². The van der Waals surface area contributed by atoms with E-state index in [1.54, 1.807) is 13.0 Å². The van der Waals surface area contributed by atoms with Gasteiger partial charge in [0.2, 0.25) is 0 Å². The third-order valence-corrected chi connectivity index (χ3v) is 4.40. The number of nitrogens with zero attached hydrogens (tertiary/aromatic N) is 1. The highest BCUT2D eigenvalue weighted by Gasteiger charge is 2.13. The van der Waals surface area contributed by atoms with Crippen LogP contribution in [0.25, 0.3) is 0 Å². The SMILES string of the molecule is CCCOC(=O)CCCCCCCCCCNC(=O)c1nccc(C)c1O. The number of pyridine rings is 1. The van der Waals surface area contributed by atoms with Gasteiger partial charge in [-0.1, -0.05) is 45.4 Å². The van der Waals surface area contributed by atoms with Gasteiger partial charge in [-0.3, -0.25) is 9.59 Å². The predicted octanol–water partition coefficient (Wildman–Crippen LogP) is 4.29. The molecule has 0 unspecified atom stereocenters. The van der Waals surface area contributed by atoms with Crippen molar-refractivity contribution in [3.63, 3.8) is 0 Å². The quantitative estimate of drug-likeness (QED) is 0.372. The van der Waals surface area contributed by atoms with E-state index in [2.05, 4.69) is 10.3 Å². The van der Waals surface area contributed by atoms with E-state index in [-0.39, 0.29) is 23.3 Å². The number of rotatable bonds is 14. The zero-order chi connectivity index (χ0) is 19.9. The van der Waals surface area contributed by atoms with Crippen molar-refractivity contribution in [2.45, 2.75) is 78.1 Å². The highest BCUT2D eigenvalue weighted by molar-refractivity contribution is 5.95. The van der Waals surface area contributed by atoms with Crippen LogP contribution < -0.4 is 5.32 Å². The molecule has 0 saturated carbocycles. The summed E-state index contributed by atoms with van der Waals surface area (Å²) in [6, 6.07) is 1.67. The molecule has 0 aromatic carbocycles. The Balaban J connectivity index is 1.95. The molecule has 0 spiro atoms. The minimum absolute atomic E-state index is 0.0476. The Morgan fingerprint density at radius 2 is 1.70 bits per heavy atom. The summed E-state index contributed by atoms with van der Waals surface area (Å²) in [6.07, 6.45) is 11.5. The van der Waals surface area contributed by atoms with Crippen LogP contribution in [0.3, 0.4) is 0 Å². The summed E-state index contributed by atoms with van der Waals surface area (Å²) in [5, 5.41) is 12.7. The van der Waals surface area contributed by atoms with E-state index in [0.717, 1.165) is 44.9 Å². The van der Waals surface area contributed by atoms with Gasteiger partial charge < -0.3 is 15.2 Å². The van der Waals surface area contributed by atoms with Crippen molar-refractivity contribution in [1.82, 2.24) is 10.3 Å². The van der Waals surface area contributed by atoms with Crippen LogP contribution in [-0.2, 0) is 9.53 Å². The van der Waals surface area contributed by atoms with E-state index in [1.807, 2.05) is 6.92 Å². The zero-order valence-corrected chi connectivity index (χ0v) is 16.8. The summed E-state index contributed by atoms with van der Waals surface area (Å²) in [5.41, 5.74) is 0.738. The summed E-state index contributed by atoms with van der Waals surface area (Å²) in [4.78, 5) is 27.3. The first-order valence-electron chi connectivity index (χ1n) is 10.1. The van der Waals surface area contributed by atoms with Crippen molar-refractivity contribution in [1.29, 1.82) is 0 Å². The maximum absolute atomic E-state index is 12.0. The molecule has 27 heavy (non-hydrogen) atoms. The first-order chi connectivity index (χ1) is 13.1. The molecule has 1 aromatic rings. The normalized spacial score (nSPS) is 10.6. The van der Waals surface area contributed by atoms with Gasteiger partial charge in [-0.05, 0) is 37.8 Å². The molecule has 0 fully saturated rings. The fourth-order valence-corrected chi connectivity index (χ4v) is 2.75. The summed E-state index contributed by atoms with van der Waals surface area (Å²) in [6.45, 7) is 4.86. The van der Waals surface area contributed by atoms with E-state index in [4.69, 9.17) is 4.74 Å². The molecule has 0 aliphatic rings. The number of nitrogens with one attached hydrogen (secondary N) is 1. The standard InChI is InChI=1S/C21H34N2O4/c1-3-16-27-18(24)12-10-8-6-4-5-7-9-11-14-23-21(26)19-20(25)17(2)13-15-22-19/h13,15,25H,3-12,14,16H2,1-2H3,(H,23,26). The maximum atomic E-state index is 12.0. The smallest absolute Gasteiger partial charge is 0.305 e. The number of hydrogen-bond acceptors (Lipinski definition) is 5. The molecule has 152 valence electrons. The Labute approximate surface area is 162 Å². The Kier molecular flexibility index (Phi) is 11.9. The molecule has 0 bridgehead atoms. The lowest BCUT2D eigenvalue weighted by atomic mass is 10.1. The fourth-order valence-electron chi connectivity index (χ4n) is 2.75. The second-order valence-electron chi connectivity index (χ2n) is 6.88. The first kappa shape index (κ1) is 22.9. The second kappa shape index (κ2) is 14.0. The van der Waals surface area contributed by atoms with Gasteiger partial charge >= 0.3 is 5.97 Å². The van der Waals surface area contributed by atoms with Crippen LogP contribution in [0.2, 0.25) is 0 Å². The number of ether oxygens (including phenoxy) is 1. The van der Waals surface area contributed by atoms with E-state index >= 15 is 0 Å². The Bertz CT molecular complexity index is 575. The maximum Gasteiger partial charge on any atom is 0.305 e.